The van der Waals surface area contributed by atoms with Crippen molar-refractivity contribution in [2.45, 2.75) is 52.2 Å². The quantitative estimate of drug-likeness (QED) is 0.475. The van der Waals surface area contributed by atoms with Crippen LogP contribution in [0.3, 0.4) is 0 Å². The molecule has 7 nitrogen and oxygen atoms in total. The van der Waals surface area contributed by atoms with Crippen molar-refractivity contribution in [1.82, 2.24) is 33.9 Å². The van der Waals surface area contributed by atoms with Gasteiger partial charge in [0.1, 0.15) is 5.82 Å². The molecular formula is C17H25N7S2. The molecule has 0 aliphatic rings. The Bertz CT molecular complexity index is 997. The molecule has 0 fully saturated rings. The van der Waals surface area contributed by atoms with E-state index in [0.29, 0.717) is 11.7 Å². The van der Waals surface area contributed by atoms with Gasteiger partial charge in [0.2, 0.25) is 5.16 Å². The molecule has 0 amide bonds. The van der Waals surface area contributed by atoms with E-state index in [1.807, 2.05) is 24.7 Å². The van der Waals surface area contributed by atoms with E-state index < -0.39 is 0 Å². The number of hydrogen-bond donors (Lipinski definition) is 0. The molecule has 0 unspecified atom stereocenters. The van der Waals surface area contributed by atoms with Crippen LogP contribution >= 0.6 is 24.0 Å². The van der Waals surface area contributed by atoms with Crippen molar-refractivity contribution in [2.24, 2.45) is 13.0 Å². The third-order valence-corrected chi connectivity index (χ3v) is 5.47. The van der Waals surface area contributed by atoms with Crippen molar-refractivity contribution < 1.29 is 0 Å². The summed E-state index contributed by atoms with van der Waals surface area (Å²) in [6, 6.07) is 0. The summed E-state index contributed by atoms with van der Waals surface area (Å²) in [6.45, 7) is 9.39. The summed E-state index contributed by atoms with van der Waals surface area (Å²) < 4.78 is 6.55. The highest BCUT2D eigenvalue weighted by atomic mass is 32.2. The molecule has 3 aromatic heterocycles. The van der Waals surface area contributed by atoms with Crippen molar-refractivity contribution in [2.75, 3.05) is 6.26 Å². The molecule has 3 aromatic rings. The van der Waals surface area contributed by atoms with Gasteiger partial charge >= 0.3 is 0 Å². The molecule has 0 bridgehead atoms. The second-order valence-corrected chi connectivity index (χ2v) is 8.04. The van der Waals surface area contributed by atoms with Gasteiger partial charge in [0.25, 0.3) is 5.78 Å². The molecule has 140 valence electrons. The highest BCUT2D eigenvalue weighted by molar-refractivity contribution is 7.98. The van der Waals surface area contributed by atoms with E-state index in [2.05, 4.69) is 45.5 Å². The maximum atomic E-state index is 5.52. The largest absolute Gasteiger partial charge is 0.304 e. The van der Waals surface area contributed by atoms with Crippen molar-refractivity contribution in [3.8, 4) is 0 Å². The molecule has 0 saturated carbocycles. The van der Waals surface area contributed by atoms with Crippen LogP contribution in [0.5, 0.6) is 0 Å². The molecule has 0 aliphatic heterocycles. The molecule has 0 N–H and O–H groups in total. The Balaban J connectivity index is 1.93. The lowest BCUT2D eigenvalue weighted by Gasteiger charge is -2.12. The van der Waals surface area contributed by atoms with Crippen LogP contribution in [0.2, 0.25) is 0 Å². The smallest absolute Gasteiger partial charge is 0.253 e. The average molecular weight is 392 g/mol. The van der Waals surface area contributed by atoms with Gasteiger partial charge in [0.15, 0.2) is 4.77 Å². The summed E-state index contributed by atoms with van der Waals surface area (Å²) >= 11 is 7.05. The first-order valence-electron chi connectivity index (χ1n) is 8.71. The lowest BCUT2D eigenvalue weighted by molar-refractivity contribution is 0.500. The molecule has 0 saturated heterocycles. The van der Waals surface area contributed by atoms with E-state index in [9.17, 15) is 0 Å². The number of nitrogens with zero attached hydrogens (tertiary/aromatic N) is 7. The first-order valence-corrected chi connectivity index (χ1v) is 10.3. The second kappa shape index (κ2) is 7.48. The van der Waals surface area contributed by atoms with Gasteiger partial charge in [-0.1, -0.05) is 25.6 Å². The Morgan fingerprint density at radius 2 is 1.85 bits per heavy atom. The Hall–Kier alpha value is -1.74. The van der Waals surface area contributed by atoms with Gasteiger partial charge in [0, 0.05) is 31.4 Å². The van der Waals surface area contributed by atoms with Crippen LogP contribution in [-0.4, -0.2) is 40.2 Å². The van der Waals surface area contributed by atoms with Crippen LogP contribution in [0.1, 0.15) is 36.6 Å². The van der Waals surface area contributed by atoms with E-state index in [1.165, 1.54) is 17.3 Å². The predicted octanol–water partition coefficient (Wildman–Crippen LogP) is 3.17. The monoisotopic (exact) mass is 391 g/mol. The van der Waals surface area contributed by atoms with Gasteiger partial charge < -0.3 is 4.57 Å². The maximum absolute atomic E-state index is 5.52. The van der Waals surface area contributed by atoms with Crippen molar-refractivity contribution in [1.29, 1.82) is 0 Å². The lowest BCUT2D eigenvalue weighted by atomic mass is 10.1. The predicted molar refractivity (Wildman–Crippen MR) is 106 cm³/mol. The summed E-state index contributed by atoms with van der Waals surface area (Å²) in [4.78, 5) is 9.08. The first kappa shape index (κ1) is 19.0. The fourth-order valence-electron chi connectivity index (χ4n) is 3.16. The molecule has 0 atom stereocenters. The van der Waals surface area contributed by atoms with Gasteiger partial charge in [-0.15, -0.1) is 5.10 Å². The standard InChI is InChI=1S/C17H25N7S2/c1-10(2)9-23-14(20-22(5)17(23)25)8-7-13-11(3)18-15-19-16(26-6)21-24(15)12(13)4/h10H,7-9H2,1-6H3. The fraction of sp³-hybridized carbons (Fsp3) is 0.588. The SMILES string of the molecule is CSc1nc2nc(C)c(CCc3nn(C)c(=S)n3CC(C)C)c(C)n2n1. The van der Waals surface area contributed by atoms with Crippen molar-refractivity contribution >= 4 is 29.8 Å². The minimum atomic E-state index is 0.520. The third kappa shape index (κ3) is 3.55. The van der Waals surface area contributed by atoms with Crippen LogP contribution in [0, 0.1) is 24.5 Å². The summed E-state index contributed by atoms with van der Waals surface area (Å²) in [5, 5.41) is 9.90. The minimum Gasteiger partial charge on any atom is -0.304 e. The zero-order valence-corrected chi connectivity index (χ0v) is 17.8. The molecule has 0 aromatic carbocycles. The summed E-state index contributed by atoms with van der Waals surface area (Å²) in [7, 11) is 1.91. The van der Waals surface area contributed by atoms with Crippen molar-refractivity contribution in [3.63, 3.8) is 0 Å². The summed E-state index contributed by atoms with van der Waals surface area (Å²) in [6.07, 6.45) is 3.63. The highest BCUT2D eigenvalue weighted by Crippen LogP contribution is 2.18. The highest BCUT2D eigenvalue weighted by Gasteiger charge is 2.16. The Morgan fingerprint density at radius 1 is 1.12 bits per heavy atom. The van der Waals surface area contributed by atoms with Gasteiger partial charge in [-0.3, -0.25) is 0 Å². The minimum absolute atomic E-state index is 0.520. The van der Waals surface area contributed by atoms with Crippen LogP contribution in [0.15, 0.2) is 5.16 Å². The van der Waals surface area contributed by atoms with Gasteiger partial charge in [0.05, 0.1) is 0 Å². The van der Waals surface area contributed by atoms with Crippen LogP contribution < -0.4 is 0 Å². The number of hydrogen-bond acceptors (Lipinski definition) is 6. The van der Waals surface area contributed by atoms with E-state index in [0.717, 1.165) is 46.5 Å². The molecule has 3 heterocycles. The second-order valence-electron chi connectivity index (χ2n) is 6.90. The van der Waals surface area contributed by atoms with E-state index >= 15 is 0 Å². The van der Waals surface area contributed by atoms with Crippen molar-refractivity contribution in [3.05, 3.63) is 27.5 Å². The Morgan fingerprint density at radius 3 is 2.50 bits per heavy atom. The van der Waals surface area contributed by atoms with Crippen LogP contribution in [0.25, 0.3) is 5.78 Å². The van der Waals surface area contributed by atoms with Gasteiger partial charge in [-0.2, -0.15) is 10.1 Å². The summed E-state index contributed by atoms with van der Waals surface area (Å²) in [5.74, 6) is 2.20. The fourth-order valence-corrected chi connectivity index (χ4v) is 3.72. The molecule has 0 aliphatic carbocycles. The zero-order chi connectivity index (χ0) is 19.0. The third-order valence-electron chi connectivity index (χ3n) is 4.44. The normalized spacial score (nSPS) is 11.8. The number of aryl methyl sites for hydroxylation is 4. The number of thioether (sulfide) groups is 1. The molecule has 9 heteroatoms. The van der Waals surface area contributed by atoms with Crippen LogP contribution in [0.4, 0.5) is 0 Å². The molecule has 0 radical (unpaired) electrons. The summed E-state index contributed by atoms with van der Waals surface area (Å²) in [5.41, 5.74) is 3.29. The Kier molecular flexibility index (Phi) is 5.47. The molecule has 3 rings (SSSR count). The molecular weight excluding hydrogens is 366 g/mol. The van der Waals surface area contributed by atoms with E-state index in [-0.39, 0.29) is 0 Å². The zero-order valence-electron chi connectivity index (χ0n) is 16.1. The van der Waals surface area contributed by atoms with Gasteiger partial charge in [-0.25, -0.2) is 14.2 Å². The van der Waals surface area contributed by atoms with Crippen LogP contribution in [-0.2, 0) is 26.4 Å². The lowest BCUT2D eigenvalue weighted by Crippen LogP contribution is -2.12. The van der Waals surface area contributed by atoms with Gasteiger partial charge in [-0.05, 0) is 50.2 Å². The number of aromatic nitrogens is 7. The average Bonchev–Trinajstić information content (AvgIpc) is 3.10. The first-order chi connectivity index (χ1) is 12.3. The molecule has 0 spiro atoms. The molecule has 26 heavy (non-hydrogen) atoms. The topological polar surface area (TPSA) is 65.8 Å². The number of fused-ring (bicyclic) bond motifs is 1. The van der Waals surface area contributed by atoms with E-state index in [4.69, 9.17) is 12.2 Å². The number of rotatable bonds is 6. The van der Waals surface area contributed by atoms with E-state index in [1.54, 1.807) is 4.68 Å². The Labute approximate surface area is 162 Å². The maximum Gasteiger partial charge on any atom is 0.253 e.